The molecule has 3 amide bonds. The molecule has 0 radical (unpaired) electrons. The summed E-state index contributed by atoms with van der Waals surface area (Å²) in [6, 6.07) is 21.7. The Kier molecular flexibility index (Phi) is 7.91. The van der Waals surface area contributed by atoms with E-state index in [1.165, 1.54) is 18.7 Å². The molecular formula is C25H24N4O4. The van der Waals surface area contributed by atoms with Crippen LogP contribution in [0.25, 0.3) is 0 Å². The Morgan fingerprint density at radius 1 is 0.879 bits per heavy atom. The Hall–Kier alpha value is -4.46. The molecule has 0 saturated heterocycles. The van der Waals surface area contributed by atoms with Gasteiger partial charge in [0.1, 0.15) is 12.4 Å². The Bertz CT molecular complexity index is 1160. The van der Waals surface area contributed by atoms with Gasteiger partial charge in [-0.2, -0.15) is 5.10 Å². The van der Waals surface area contributed by atoms with Gasteiger partial charge in [-0.15, -0.1) is 0 Å². The van der Waals surface area contributed by atoms with Crippen molar-refractivity contribution in [2.75, 3.05) is 10.6 Å². The number of carbonyl (C=O) groups excluding carboxylic acids is 3. The van der Waals surface area contributed by atoms with Crippen molar-refractivity contribution in [2.24, 2.45) is 5.10 Å². The standard InChI is InChI=1S/C25H24N4O4/c1-17-4-3-5-20(14-17)16-33-23-12-6-19(7-13-23)15-26-29-25(32)24(31)28-22-10-8-21(9-11-22)27-18(2)30/h3-15H,16H2,1-2H3,(H,27,30)(H,28,31)(H,29,32). The predicted molar refractivity (Wildman–Crippen MR) is 127 cm³/mol. The fraction of sp³-hybridized carbons (Fsp3) is 0.120. The van der Waals surface area contributed by atoms with Crippen molar-refractivity contribution in [3.63, 3.8) is 0 Å². The van der Waals surface area contributed by atoms with Gasteiger partial charge in [-0.05, 0) is 66.6 Å². The average molecular weight is 444 g/mol. The number of nitrogens with zero attached hydrogens (tertiary/aromatic N) is 1. The van der Waals surface area contributed by atoms with Gasteiger partial charge in [0.2, 0.25) is 5.91 Å². The number of rotatable bonds is 7. The number of anilines is 2. The molecule has 168 valence electrons. The van der Waals surface area contributed by atoms with Crippen LogP contribution in [0.15, 0.2) is 77.9 Å². The number of ether oxygens (including phenoxy) is 1. The van der Waals surface area contributed by atoms with Crippen LogP contribution in [0.5, 0.6) is 5.75 Å². The second-order valence-corrected chi connectivity index (χ2v) is 7.26. The third-order valence-electron chi connectivity index (χ3n) is 4.42. The molecule has 3 aromatic carbocycles. The van der Waals surface area contributed by atoms with E-state index in [-0.39, 0.29) is 5.91 Å². The van der Waals surface area contributed by atoms with Gasteiger partial charge in [-0.3, -0.25) is 14.4 Å². The van der Waals surface area contributed by atoms with Crippen LogP contribution in [0.4, 0.5) is 11.4 Å². The summed E-state index contributed by atoms with van der Waals surface area (Å²) < 4.78 is 5.77. The van der Waals surface area contributed by atoms with Crippen molar-refractivity contribution < 1.29 is 19.1 Å². The maximum atomic E-state index is 12.0. The van der Waals surface area contributed by atoms with E-state index in [1.807, 2.05) is 25.1 Å². The first-order valence-corrected chi connectivity index (χ1v) is 10.2. The van der Waals surface area contributed by atoms with Gasteiger partial charge in [0, 0.05) is 18.3 Å². The third-order valence-corrected chi connectivity index (χ3v) is 4.42. The van der Waals surface area contributed by atoms with Crippen LogP contribution in [0, 0.1) is 6.92 Å². The van der Waals surface area contributed by atoms with Gasteiger partial charge < -0.3 is 15.4 Å². The Morgan fingerprint density at radius 3 is 2.18 bits per heavy atom. The van der Waals surface area contributed by atoms with Crippen molar-refractivity contribution >= 4 is 35.3 Å². The summed E-state index contributed by atoms with van der Waals surface area (Å²) in [5.41, 5.74) is 6.18. The van der Waals surface area contributed by atoms with Crippen molar-refractivity contribution in [1.82, 2.24) is 5.43 Å². The van der Waals surface area contributed by atoms with Gasteiger partial charge in [-0.1, -0.05) is 29.8 Å². The largest absolute Gasteiger partial charge is 0.489 e. The maximum absolute atomic E-state index is 12.0. The summed E-state index contributed by atoms with van der Waals surface area (Å²) in [6.07, 6.45) is 1.43. The molecule has 0 heterocycles. The molecule has 0 spiro atoms. The summed E-state index contributed by atoms with van der Waals surface area (Å²) in [4.78, 5) is 34.9. The van der Waals surface area contributed by atoms with Crippen molar-refractivity contribution in [3.05, 3.63) is 89.5 Å². The number of nitrogens with one attached hydrogen (secondary N) is 3. The van der Waals surface area contributed by atoms with E-state index >= 15 is 0 Å². The van der Waals surface area contributed by atoms with Crippen LogP contribution < -0.4 is 20.8 Å². The van der Waals surface area contributed by atoms with Crippen molar-refractivity contribution in [3.8, 4) is 5.75 Å². The molecule has 0 atom stereocenters. The fourth-order valence-electron chi connectivity index (χ4n) is 2.86. The van der Waals surface area contributed by atoms with E-state index in [2.05, 4.69) is 27.2 Å². The molecule has 0 aliphatic rings. The summed E-state index contributed by atoms with van der Waals surface area (Å²) in [7, 11) is 0. The quantitative estimate of drug-likeness (QED) is 0.294. The van der Waals surface area contributed by atoms with E-state index in [1.54, 1.807) is 48.5 Å². The number of amides is 3. The second kappa shape index (κ2) is 11.2. The molecule has 3 rings (SSSR count). The van der Waals surface area contributed by atoms with Crippen LogP contribution >= 0.6 is 0 Å². The average Bonchev–Trinajstić information content (AvgIpc) is 2.79. The van der Waals surface area contributed by atoms with Gasteiger partial charge in [0.25, 0.3) is 0 Å². The lowest BCUT2D eigenvalue weighted by molar-refractivity contribution is -0.136. The van der Waals surface area contributed by atoms with Gasteiger partial charge >= 0.3 is 11.8 Å². The molecule has 0 aliphatic carbocycles. The van der Waals surface area contributed by atoms with Crippen LogP contribution in [-0.4, -0.2) is 23.9 Å². The topological polar surface area (TPSA) is 109 Å². The minimum atomic E-state index is -0.907. The van der Waals surface area contributed by atoms with E-state index in [4.69, 9.17) is 4.74 Å². The van der Waals surface area contributed by atoms with Gasteiger partial charge in [-0.25, -0.2) is 5.43 Å². The highest BCUT2D eigenvalue weighted by atomic mass is 16.5. The lowest BCUT2D eigenvalue weighted by Crippen LogP contribution is -2.32. The molecule has 8 nitrogen and oxygen atoms in total. The Labute approximate surface area is 191 Å². The highest BCUT2D eigenvalue weighted by molar-refractivity contribution is 6.39. The summed E-state index contributed by atoms with van der Waals surface area (Å²) in [5.74, 6) is -1.26. The highest BCUT2D eigenvalue weighted by Crippen LogP contribution is 2.15. The molecule has 0 fully saturated rings. The zero-order valence-corrected chi connectivity index (χ0v) is 18.3. The molecule has 0 unspecified atom stereocenters. The maximum Gasteiger partial charge on any atom is 0.329 e. The van der Waals surface area contributed by atoms with Crippen LogP contribution in [0.3, 0.4) is 0 Å². The van der Waals surface area contributed by atoms with Gasteiger partial charge in [0.05, 0.1) is 6.21 Å². The van der Waals surface area contributed by atoms with Gasteiger partial charge in [0.15, 0.2) is 0 Å². The Balaban J connectivity index is 1.45. The minimum Gasteiger partial charge on any atom is -0.489 e. The first kappa shape index (κ1) is 23.2. The third kappa shape index (κ3) is 7.62. The van der Waals surface area contributed by atoms with E-state index in [0.717, 1.165) is 11.1 Å². The number of hydrogen-bond donors (Lipinski definition) is 3. The zero-order valence-electron chi connectivity index (χ0n) is 18.3. The van der Waals surface area contributed by atoms with E-state index in [0.29, 0.717) is 23.7 Å². The molecular weight excluding hydrogens is 420 g/mol. The summed E-state index contributed by atoms with van der Waals surface area (Å²) in [6.45, 7) is 3.90. The molecule has 33 heavy (non-hydrogen) atoms. The van der Waals surface area contributed by atoms with E-state index in [9.17, 15) is 14.4 Å². The lowest BCUT2D eigenvalue weighted by Gasteiger charge is -2.07. The highest BCUT2D eigenvalue weighted by Gasteiger charge is 2.12. The number of carbonyl (C=O) groups is 3. The first-order chi connectivity index (χ1) is 15.9. The minimum absolute atomic E-state index is 0.201. The number of benzene rings is 3. The number of hydrogen-bond acceptors (Lipinski definition) is 5. The lowest BCUT2D eigenvalue weighted by atomic mass is 10.1. The van der Waals surface area contributed by atoms with Crippen molar-refractivity contribution in [2.45, 2.75) is 20.5 Å². The fourth-order valence-corrected chi connectivity index (χ4v) is 2.86. The smallest absolute Gasteiger partial charge is 0.329 e. The molecule has 0 saturated carbocycles. The number of hydrazone groups is 1. The zero-order chi connectivity index (χ0) is 23.6. The monoisotopic (exact) mass is 444 g/mol. The normalized spacial score (nSPS) is 10.5. The summed E-state index contributed by atoms with van der Waals surface area (Å²) >= 11 is 0. The van der Waals surface area contributed by atoms with E-state index < -0.39 is 11.8 Å². The van der Waals surface area contributed by atoms with Crippen LogP contribution in [-0.2, 0) is 21.0 Å². The molecule has 8 heteroatoms. The SMILES string of the molecule is CC(=O)Nc1ccc(NC(=O)C(=O)NN=Cc2ccc(OCc3cccc(C)c3)cc2)cc1. The van der Waals surface area contributed by atoms with Crippen LogP contribution in [0.1, 0.15) is 23.6 Å². The molecule has 0 bridgehead atoms. The van der Waals surface area contributed by atoms with Crippen LogP contribution in [0.2, 0.25) is 0 Å². The molecule has 0 aromatic heterocycles. The predicted octanol–water partition coefficient (Wildman–Crippen LogP) is 3.62. The number of aryl methyl sites for hydroxylation is 1. The molecule has 3 aromatic rings. The summed E-state index contributed by atoms with van der Waals surface area (Å²) in [5, 5.41) is 8.88. The Morgan fingerprint density at radius 2 is 1.55 bits per heavy atom. The van der Waals surface area contributed by atoms with Crippen molar-refractivity contribution in [1.29, 1.82) is 0 Å². The molecule has 0 aliphatic heterocycles. The first-order valence-electron chi connectivity index (χ1n) is 10.2. The molecule has 3 N–H and O–H groups in total. The second-order valence-electron chi connectivity index (χ2n) is 7.26.